The molecule has 186 valence electrons. The molecule has 1 heterocycles. The Hall–Kier alpha value is -2.27. The SMILES string of the molecule is CCOc1cc(/C=C2/SC(=O)N(Cc3ccc(F)cc3Cl)C2=O)cc(I)c1OCc1ccccc1Cl. The second-order valence-corrected chi connectivity index (χ2v) is 10.6. The Morgan fingerprint density at radius 3 is 2.53 bits per heavy atom. The van der Waals surface area contributed by atoms with Crippen LogP contribution in [0.4, 0.5) is 9.18 Å². The third-order valence-corrected chi connectivity index (χ3v) is 7.61. The molecule has 5 nitrogen and oxygen atoms in total. The zero-order valence-electron chi connectivity index (χ0n) is 18.9. The number of benzene rings is 3. The van der Waals surface area contributed by atoms with Crippen molar-refractivity contribution in [3.8, 4) is 11.5 Å². The number of imide groups is 1. The fourth-order valence-electron chi connectivity index (χ4n) is 3.45. The summed E-state index contributed by atoms with van der Waals surface area (Å²) < 4.78 is 26.0. The summed E-state index contributed by atoms with van der Waals surface area (Å²) >= 11 is 15.3. The van der Waals surface area contributed by atoms with E-state index >= 15 is 0 Å². The average Bonchev–Trinajstić information content (AvgIpc) is 3.08. The highest BCUT2D eigenvalue weighted by molar-refractivity contribution is 14.1. The van der Waals surface area contributed by atoms with Gasteiger partial charge in [0.1, 0.15) is 12.4 Å². The van der Waals surface area contributed by atoms with E-state index in [2.05, 4.69) is 22.6 Å². The molecule has 1 aliphatic rings. The van der Waals surface area contributed by atoms with Gasteiger partial charge in [0.05, 0.1) is 21.6 Å². The molecule has 1 aliphatic heterocycles. The number of hydrogen-bond acceptors (Lipinski definition) is 5. The second kappa shape index (κ2) is 11.9. The highest BCUT2D eigenvalue weighted by atomic mass is 127. The highest BCUT2D eigenvalue weighted by Crippen LogP contribution is 2.38. The first-order valence-electron chi connectivity index (χ1n) is 10.8. The van der Waals surface area contributed by atoms with Gasteiger partial charge in [-0.1, -0.05) is 47.5 Å². The molecule has 2 amide bonds. The quantitative estimate of drug-likeness (QED) is 0.182. The van der Waals surface area contributed by atoms with Crippen molar-refractivity contribution < 1.29 is 23.5 Å². The molecule has 0 atom stereocenters. The van der Waals surface area contributed by atoms with E-state index in [0.717, 1.165) is 31.9 Å². The topological polar surface area (TPSA) is 55.8 Å². The molecule has 0 spiro atoms. The molecule has 3 aromatic rings. The van der Waals surface area contributed by atoms with Crippen LogP contribution < -0.4 is 9.47 Å². The van der Waals surface area contributed by atoms with Crippen molar-refractivity contribution in [1.82, 2.24) is 4.90 Å². The monoisotopic (exact) mass is 657 g/mol. The van der Waals surface area contributed by atoms with Gasteiger partial charge in [-0.05, 0) is 88.8 Å². The molecule has 0 N–H and O–H groups in total. The summed E-state index contributed by atoms with van der Waals surface area (Å²) in [5.74, 6) is 0.141. The molecule has 0 radical (unpaired) electrons. The molecule has 0 unspecified atom stereocenters. The number of thioether (sulfide) groups is 1. The first kappa shape index (κ1) is 26.8. The molecular weight excluding hydrogens is 639 g/mol. The number of ether oxygens (including phenoxy) is 2. The van der Waals surface area contributed by atoms with Crippen molar-refractivity contribution in [3.63, 3.8) is 0 Å². The highest BCUT2D eigenvalue weighted by Gasteiger charge is 2.35. The summed E-state index contributed by atoms with van der Waals surface area (Å²) in [6, 6.07) is 14.9. The van der Waals surface area contributed by atoms with E-state index in [1.165, 1.54) is 12.1 Å². The van der Waals surface area contributed by atoms with Crippen LogP contribution in [0.3, 0.4) is 0 Å². The molecule has 36 heavy (non-hydrogen) atoms. The van der Waals surface area contributed by atoms with Crippen molar-refractivity contribution in [1.29, 1.82) is 0 Å². The Morgan fingerprint density at radius 2 is 1.81 bits per heavy atom. The van der Waals surface area contributed by atoms with Crippen molar-refractivity contribution in [2.45, 2.75) is 20.1 Å². The number of hydrogen-bond donors (Lipinski definition) is 0. The Balaban J connectivity index is 1.56. The maximum absolute atomic E-state index is 13.3. The van der Waals surface area contributed by atoms with Crippen molar-refractivity contribution >= 4 is 74.8 Å². The smallest absolute Gasteiger partial charge is 0.293 e. The number of amides is 2. The van der Waals surface area contributed by atoms with E-state index in [-0.39, 0.29) is 23.1 Å². The van der Waals surface area contributed by atoms with Gasteiger partial charge in [-0.3, -0.25) is 14.5 Å². The number of halogens is 4. The number of carbonyl (C=O) groups is 2. The molecule has 4 rings (SSSR count). The summed E-state index contributed by atoms with van der Waals surface area (Å²) in [5.41, 5.74) is 2.00. The fourth-order valence-corrected chi connectivity index (χ4v) is 5.48. The molecule has 1 fully saturated rings. The van der Waals surface area contributed by atoms with Gasteiger partial charge in [0.15, 0.2) is 11.5 Å². The van der Waals surface area contributed by atoms with E-state index in [0.29, 0.717) is 34.3 Å². The first-order valence-corrected chi connectivity index (χ1v) is 13.4. The lowest BCUT2D eigenvalue weighted by atomic mass is 10.1. The maximum Gasteiger partial charge on any atom is 0.293 e. The van der Waals surface area contributed by atoms with Crippen LogP contribution in [-0.4, -0.2) is 22.7 Å². The van der Waals surface area contributed by atoms with Gasteiger partial charge in [0, 0.05) is 15.6 Å². The maximum atomic E-state index is 13.3. The molecule has 0 bridgehead atoms. The van der Waals surface area contributed by atoms with Crippen molar-refractivity contribution in [2.24, 2.45) is 0 Å². The number of rotatable bonds is 8. The number of nitrogens with zero attached hydrogens (tertiary/aromatic N) is 1. The van der Waals surface area contributed by atoms with E-state index in [1.807, 2.05) is 31.2 Å². The van der Waals surface area contributed by atoms with Crippen molar-refractivity contribution in [2.75, 3.05) is 6.61 Å². The van der Waals surface area contributed by atoms with Crippen LogP contribution in [0, 0.1) is 9.39 Å². The zero-order chi connectivity index (χ0) is 25.8. The largest absolute Gasteiger partial charge is 0.490 e. The lowest BCUT2D eigenvalue weighted by Gasteiger charge is -2.15. The van der Waals surface area contributed by atoms with Gasteiger partial charge in [-0.2, -0.15) is 0 Å². The molecule has 3 aromatic carbocycles. The lowest BCUT2D eigenvalue weighted by molar-refractivity contribution is -0.123. The van der Waals surface area contributed by atoms with Gasteiger partial charge in [0.2, 0.25) is 0 Å². The Bertz CT molecular complexity index is 1370. The third-order valence-electron chi connectivity index (χ3n) is 5.18. The van der Waals surface area contributed by atoms with Crippen LogP contribution in [-0.2, 0) is 17.9 Å². The molecule has 1 saturated heterocycles. The number of carbonyl (C=O) groups excluding carboxylic acids is 2. The van der Waals surface area contributed by atoms with Crippen LogP contribution >= 0.6 is 57.6 Å². The minimum Gasteiger partial charge on any atom is -0.490 e. The van der Waals surface area contributed by atoms with E-state index in [9.17, 15) is 14.0 Å². The normalized spacial score (nSPS) is 14.6. The van der Waals surface area contributed by atoms with Crippen LogP contribution in [0.2, 0.25) is 10.0 Å². The van der Waals surface area contributed by atoms with E-state index in [1.54, 1.807) is 18.2 Å². The Kier molecular flexibility index (Phi) is 8.82. The van der Waals surface area contributed by atoms with Gasteiger partial charge in [-0.15, -0.1) is 0 Å². The summed E-state index contributed by atoms with van der Waals surface area (Å²) in [5, 5.41) is 0.340. The molecule has 0 aliphatic carbocycles. The van der Waals surface area contributed by atoms with Crippen LogP contribution in [0.15, 0.2) is 59.5 Å². The predicted octanol–water partition coefficient (Wildman–Crippen LogP) is 7.95. The standard InChI is InChI=1S/C26H19Cl2FINO4S/c1-2-34-22-10-15(9-21(30)24(22)35-14-17-5-3-4-6-19(17)27)11-23-25(32)31(26(33)36-23)13-16-7-8-18(29)12-20(16)28/h3-12H,2,13-14H2,1H3/b23-11+. The predicted molar refractivity (Wildman–Crippen MR) is 149 cm³/mol. The van der Waals surface area contributed by atoms with Crippen LogP contribution in [0.25, 0.3) is 6.08 Å². The van der Waals surface area contributed by atoms with Gasteiger partial charge < -0.3 is 9.47 Å². The molecule has 0 saturated carbocycles. The van der Waals surface area contributed by atoms with Gasteiger partial charge in [0.25, 0.3) is 11.1 Å². The minimum absolute atomic E-state index is 0.0440. The van der Waals surface area contributed by atoms with Crippen molar-refractivity contribution in [3.05, 3.63) is 95.6 Å². The van der Waals surface area contributed by atoms with Crippen LogP contribution in [0.1, 0.15) is 23.6 Å². The Morgan fingerprint density at radius 1 is 1.03 bits per heavy atom. The summed E-state index contributed by atoms with van der Waals surface area (Å²) in [4.78, 5) is 26.9. The zero-order valence-corrected chi connectivity index (χ0v) is 23.4. The third kappa shape index (κ3) is 6.16. The molecular formula is C26H19Cl2FINO4S. The second-order valence-electron chi connectivity index (χ2n) is 7.65. The van der Waals surface area contributed by atoms with E-state index in [4.69, 9.17) is 32.7 Å². The summed E-state index contributed by atoms with van der Waals surface area (Å²) in [6.45, 7) is 2.50. The van der Waals surface area contributed by atoms with E-state index < -0.39 is 17.0 Å². The average molecular weight is 658 g/mol. The first-order chi connectivity index (χ1) is 17.3. The molecule has 0 aromatic heterocycles. The van der Waals surface area contributed by atoms with Gasteiger partial charge in [-0.25, -0.2) is 4.39 Å². The molecule has 10 heteroatoms. The summed E-state index contributed by atoms with van der Waals surface area (Å²) in [7, 11) is 0. The Labute approximate surface area is 235 Å². The van der Waals surface area contributed by atoms with Crippen LogP contribution in [0.5, 0.6) is 11.5 Å². The van der Waals surface area contributed by atoms with Gasteiger partial charge >= 0.3 is 0 Å². The lowest BCUT2D eigenvalue weighted by Crippen LogP contribution is -2.27. The summed E-state index contributed by atoms with van der Waals surface area (Å²) in [6.07, 6.45) is 1.64. The minimum atomic E-state index is -0.489. The fraction of sp³-hybridized carbons (Fsp3) is 0.154.